The Hall–Kier alpha value is -2.95. The zero-order chi connectivity index (χ0) is 15.6. The van der Waals surface area contributed by atoms with E-state index < -0.39 is 5.97 Å². The molecular weight excluding hydrogens is 268 g/mol. The normalized spacial score (nSPS) is 10.1. The van der Waals surface area contributed by atoms with Crippen molar-refractivity contribution in [3.63, 3.8) is 0 Å². The van der Waals surface area contributed by atoms with Crippen LogP contribution in [0, 0.1) is 0 Å². The molecule has 2 aromatic carbocycles. The fourth-order valence-electron chi connectivity index (χ4n) is 1.71. The number of nitrogen functional groups attached to an aromatic ring is 2. The van der Waals surface area contributed by atoms with E-state index in [1.165, 1.54) is 6.07 Å². The van der Waals surface area contributed by atoms with Crippen LogP contribution in [-0.4, -0.2) is 11.1 Å². The van der Waals surface area contributed by atoms with Crippen molar-refractivity contribution in [3.8, 4) is 22.6 Å². The Balaban J connectivity index is 2.40. The van der Waals surface area contributed by atoms with Crippen molar-refractivity contribution in [1.82, 2.24) is 0 Å². The number of ether oxygens (including phenoxy) is 1. The predicted molar refractivity (Wildman–Crippen MR) is 82.8 cm³/mol. The number of aromatic hydroxyl groups is 1. The molecule has 0 aliphatic carbocycles. The molecule has 0 aromatic heterocycles. The lowest BCUT2D eigenvalue weighted by molar-refractivity contribution is -0.130. The van der Waals surface area contributed by atoms with Crippen LogP contribution in [0.2, 0.25) is 0 Å². The van der Waals surface area contributed by atoms with Gasteiger partial charge in [0.15, 0.2) is 5.75 Å². The Kier molecular flexibility index (Phi) is 3.84. The van der Waals surface area contributed by atoms with Gasteiger partial charge in [0.25, 0.3) is 0 Å². The Morgan fingerprint density at radius 2 is 1.67 bits per heavy atom. The largest absolute Gasteiger partial charge is 0.506 e. The summed E-state index contributed by atoms with van der Waals surface area (Å²) in [5.74, 6) is -0.305. The highest BCUT2D eigenvalue weighted by molar-refractivity contribution is 5.90. The zero-order valence-electron chi connectivity index (χ0n) is 11.6. The van der Waals surface area contributed by atoms with Gasteiger partial charge in [0.1, 0.15) is 5.75 Å². The maximum Gasteiger partial charge on any atom is 0.338 e. The Morgan fingerprint density at radius 1 is 1.10 bits per heavy atom. The molecule has 2 aromatic rings. The van der Waals surface area contributed by atoms with Crippen LogP contribution in [0.4, 0.5) is 11.4 Å². The maximum atomic E-state index is 11.6. The van der Waals surface area contributed by atoms with Gasteiger partial charge in [0, 0.05) is 5.57 Å². The highest BCUT2D eigenvalue weighted by atomic mass is 16.5. The van der Waals surface area contributed by atoms with E-state index >= 15 is 0 Å². The third kappa shape index (κ3) is 3.14. The summed E-state index contributed by atoms with van der Waals surface area (Å²) in [5.41, 5.74) is 13.8. The number of esters is 1. The summed E-state index contributed by atoms with van der Waals surface area (Å²) in [6, 6.07) is 9.90. The molecule has 108 valence electrons. The average Bonchev–Trinajstić information content (AvgIpc) is 2.44. The molecule has 5 N–H and O–H groups in total. The second kappa shape index (κ2) is 5.58. The molecule has 0 bridgehead atoms. The van der Waals surface area contributed by atoms with Gasteiger partial charge < -0.3 is 21.3 Å². The van der Waals surface area contributed by atoms with Gasteiger partial charge >= 0.3 is 5.97 Å². The van der Waals surface area contributed by atoms with Gasteiger partial charge in [-0.15, -0.1) is 0 Å². The molecule has 21 heavy (non-hydrogen) atoms. The van der Waals surface area contributed by atoms with Crippen LogP contribution in [-0.2, 0) is 4.79 Å². The third-order valence-corrected chi connectivity index (χ3v) is 2.93. The van der Waals surface area contributed by atoms with Crippen LogP contribution in [0.5, 0.6) is 11.5 Å². The van der Waals surface area contributed by atoms with E-state index in [4.69, 9.17) is 16.2 Å². The second-order valence-corrected chi connectivity index (χ2v) is 4.70. The lowest BCUT2D eigenvalue weighted by Crippen LogP contribution is -2.09. The first-order valence-corrected chi connectivity index (χ1v) is 6.24. The maximum absolute atomic E-state index is 11.6. The molecule has 2 rings (SSSR count). The van der Waals surface area contributed by atoms with Gasteiger partial charge in [-0.25, -0.2) is 4.79 Å². The molecule has 0 aliphatic rings. The molecule has 0 unspecified atom stereocenters. The first-order valence-electron chi connectivity index (χ1n) is 6.24. The number of phenolic OH excluding ortho intramolecular Hbond substituents is 1. The average molecular weight is 284 g/mol. The summed E-state index contributed by atoms with van der Waals surface area (Å²) in [5, 5.41) is 9.66. The van der Waals surface area contributed by atoms with Gasteiger partial charge in [-0.05, 0) is 42.3 Å². The number of nitrogens with two attached hydrogens (primary N) is 2. The lowest BCUT2D eigenvalue weighted by atomic mass is 10.0. The Labute approximate surface area is 122 Å². The standard InChI is InChI=1S/C16H16N2O3/c1-9(2)16(20)21-15-8-11(4-6-13(15)18)10-3-5-12(17)14(19)7-10/h3-8,19H,1,17-18H2,2H3. The minimum atomic E-state index is -0.543. The first-order chi connectivity index (χ1) is 9.88. The number of rotatable bonds is 3. The van der Waals surface area contributed by atoms with Crippen LogP contribution in [0.1, 0.15) is 6.92 Å². The van der Waals surface area contributed by atoms with E-state index in [9.17, 15) is 9.90 Å². The van der Waals surface area contributed by atoms with Crippen LogP contribution < -0.4 is 16.2 Å². The molecule has 0 aliphatic heterocycles. The van der Waals surface area contributed by atoms with Gasteiger partial charge in [-0.2, -0.15) is 0 Å². The molecule has 5 nitrogen and oxygen atoms in total. The topological polar surface area (TPSA) is 98.6 Å². The molecule has 0 saturated heterocycles. The lowest BCUT2D eigenvalue weighted by Gasteiger charge is -2.10. The van der Waals surface area contributed by atoms with Crippen molar-refractivity contribution in [2.45, 2.75) is 6.92 Å². The minimum absolute atomic E-state index is 0.00944. The molecule has 0 saturated carbocycles. The number of phenols is 1. The monoisotopic (exact) mass is 284 g/mol. The molecule has 0 spiro atoms. The molecule has 0 amide bonds. The summed E-state index contributed by atoms with van der Waals surface area (Å²) in [6.07, 6.45) is 0. The molecule has 5 heteroatoms. The predicted octanol–water partition coefficient (Wildman–Crippen LogP) is 2.71. The minimum Gasteiger partial charge on any atom is -0.506 e. The van der Waals surface area contributed by atoms with E-state index in [2.05, 4.69) is 6.58 Å². The number of anilines is 2. The first kappa shape index (κ1) is 14.5. The van der Waals surface area contributed by atoms with E-state index in [1.54, 1.807) is 37.3 Å². The SMILES string of the molecule is C=C(C)C(=O)Oc1cc(-c2ccc(N)c(O)c2)ccc1N. The Bertz CT molecular complexity index is 723. The van der Waals surface area contributed by atoms with Gasteiger partial charge in [0.2, 0.25) is 0 Å². The number of carbonyl (C=O) groups excluding carboxylic acids is 1. The van der Waals surface area contributed by atoms with E-state index in [0.717, 1.165) is 11.1 Å². The summed E-state index contributed by atoms with van der Waals surface area (Å²) in [4.78, 5) is 11.6. The van der Waals surface area contributed by atoms with Crippen LogP contribution in [0.3, 0.4) is 0 Å². The van der Waals surface area contributed by atoms with Crippen molar-refractivity contribution in [1.29, 1.82) is 0 Å². The summed E-state index contributed by atoms with van der Waals surface area (Å²) in [6.45, 7) is 5.08. The fourth-order valence-corrected chi connectivity index (χ4v) is 1.71. The molecule has 0 atom stereocenters. The van der Waals surface area contributed by atoms with Crippen LogP contribution in [0.15, 0.2) is 48.6 Å². The number of carbonyl (C=O) groups is 1. The van der Waals surface area contributed by atoms with E-state index in [1.807, 2.05) is 0 Å². The molecular formula is C16H16N2O3. The summed E-state index contributed by atoms with van der Waals surface area (Å²) < 4.78 is 5.17. The van der Waals surface area contributed by atoms with Crippen LogP contribution >= 0.6 is 0 Å². The number of hydrogen-bond acceptors (Lipinski definition) is 5. The van der Waals surface area contributed by atoms with Crippen molar-refractivity contribution in [3.05, 3.63) is 48.6 Å². The van der Waals surface area contributed by atoms with Gasteiger partial charge in [0.05, 0.1) is 11.4 Å². The van der Waals surface area contributed by atoms with Crippen molar-refractivity contribution in [2.75, 3.05) is 11.5 Å². The van der Waals surface area contributed by atoms with Crippen molar-refractivity contribution < 1.29 is 14.6 Å². The van der Waals surface area contributed by atoms with Crippen LogP contribution in [0.25, 0.3) is 11.1 Å². The van der Waals surface area contributed by atoms with E-state index in [0.29, 0.717) is 11.4 Å². The number of hydrogen-bond donors (Lipinski definition) is 3. The second-order valence-electron chi connectivity index (χ2n) is 4.70. The molecule has 0 heterocycles. The quantitative estimate of drug-likeness (QED) is 0.264. The van der Waals surface area contributed by atoms with Crippen molar-refractivity contribution >= 4 is 17.3 Å². The number of benzene rings is 2. The summed E-state index contributed by atoms with van der Waals surface area (Å²) in [7, 11) is 0. The van der Waals surface area contributed by atoms with Crippen molar-refractivity contribution in [2.24, 2.45) is 0 Å². The fraction of sp³-hybridized carbons (Fsp3) is 0.0625. The highest BCUT2D eigenvalue weighted by Gasteiger charge is 2.10. The van der Waals surface area contributed by atoms with E-state index in [-0.39, 0.29) is 17.1 Å². The molecule has 0 radical (unpaired) electrons. The smallest absolute Gasteiger partial charge is 0.338 e. The Morgan fingerprint density at radius 3 is 2.24 bits per heavy atom. The molecule has 0 fully saturated rings. The van der Waals surface area contributed by atoms with Gasteiger partial charge in [-0.1, -0.05) is 18.7 Å². The summed E-state index contributed by atoms with van der Waals surface area (Å²) >= 11 is 0. The highest BCUT2D eigenvalue weighted by Crippen LogP contribution is 2.32. The third-order valence-electron chi connectivity index (χ3n) is 2.93. The zero-order valence-corrected chi connectivity index (χ0v) is 11.6. The van der Waals surface area contributed by atoms with Gasteiger partial charge in [-0.3, -0.25) is 0 Å².